The van der Waals surface area contributed by atoms with Crippen molar-refractivity contribution in [3.8, 4) is 0 Å². The fourth-order valence-corrected chi connectivity index (χ4v) is 3.72. The monoisotopic (exact) mass is 357 g/mol. The van der Waals surface area contributed by atoms with Gasteiger partial charge in [0, 0.05) is 45.2 Å². The van der Waals surface area contributed by atoms with Crippen LogP contribution in [0, 0.1) is 5.92 Å². The van der Waals surface area contributed by atoms with Gasteiger partial charge in [0.15, 0.2) is 0 Å². The highest BCUT2D eigenvalue weighted by Gasteiger charge is 2.26. The first-order valence-electron chi connectivity index (χ1n) is 9.47. The zero-order chi connectivity index (χ0) is 18.5. The van der Waals surface area contributed by atoms with Gasteiger partial charge in [0.2, 0.25) is 17.7 Å². The van der Waals surface area contributed by atoms with Crippen LogP contribution in [0.1, 0.15) is 44.6 Å². The Kier molecular flexibility index (Phi) is 5.91. The molecule has 1 atom stereocenters. The molecule has 2 saturated heterocycles. The second kappa shape index (κ2) is 8.34. The van der Waals surface area contributed by atoms with E-state index in [0.29, 0.717) is 19.5 Å². The van der Waals surface area contributed by atoms with Crippen molar-refractivity contribution < 1.29 is 14.4 Å². The van der Waals surface area contributed by atoms with E-state index < -0.39 is 0 Å². The molecule has 2 heterocycles. The van der Waals surface area contributed by atoms with Gasteiger partial charge in [0.25, 0.3) is 0 Å². The second-order valence-corrected chi connectivity index (χ2v) is 7.19. The van der Waals surface area contributed by atoms with Crippen LogP contribution in [0.2, 0.25) is 0 Å². The first-order chi connectivity index (χ1) is 12.5. The van der Waals surface area contributed by atoms with Crippen molar-refractivity contribution in [1.29, 1.82) is 0 Å². The van der Waals surface area contributed by atoms with Crippen LogP contribution in [0.3, 0.4) is 0 Å². The van der Waals surface area contributed by atoms with Gasteiger partial charge in [-0.1, -0.05) is 12.1 Å². The van der Waals surface area contributed by atoms with Crippen LogP contribution >= 0.6 is 0 Å². The topological polar surface area (TPSA) is 69.7 Å². The van der Waals surface area contributed by atoms with E-state index in [2.05, 4.69) is 5.32 Å². The molecule has 0 aliphatic carbocycles. The van der Waals surface area contributed by atoms with Crippen molar-refractivity contribution in [1.82, 2.24) is 10.2 Å². The lowest BCUT2D eigenvalue weighted by Gasteiger charge is -2.31. The van der Waals surface area contributed by atoms with Gasteiger partial charge in [-0.2, -0.15) is 0 Å². The fourth-order valence-electron chi connectivity index (χ4n) is 3.72. The number of rotatable bonds is 4. The molecule has 2 fully saturated rings. The van der Waals surface area contributed by atoms with Gasteiger partial charge >= 0.3 is 0 Å². The lowest BCUT2D eigenvalue weighted by molar-refractivity contribution is -0.134. The normalized spacial score (nSPS) is 20.8. The molecular weight excluding hydrogens is 330 g/mol. The summed E-state index contributed by atoms with van der Waals surface area (Å²) in [6, 6.07) is 7.81. The molecule has 0 radical (unpaired) electrons. The Morgan fingerprint density at radius 3 is 2.81 bits per heavy atom. The lowest BCUT2D eigenvalue weighted by Crippen LogP contribution is -2.44. The Morgan fingerprint density at radius 2 is 2.04 bits per heavy atom. The third-order valence-corrected chi connectivity index (χ3v) is 5.25. The molecule has 1 aromatic carbocycles. The van der Waals surface area contributed by atoms with Crippen LogP contribution in [0.4, 0.5) is 5.69 Å². The third kappa shape index (κ3) is 4.42. The molecule has 26 heavy (non-hydrogen) atoms. The van der Waals surface area contributed by atoms with Crippen molar-refractivity contribution in [2.75, 3.05) is 24.5 Å². The van der Waals surface area contributed by atoms with Crippen LogP contribution in [0.5, 0.6) is 0 Å². The highest BCUT2D eigenvalue weighted by molar-refractivity contribution is 5.94. The molecule has 2 aliphatic rings. The average molecular weight is 357 g/mol. The van der Waals surface area contributed by atoms with Crippen LogP contribution in [-0.4, -0.2) is 42.3 Å². The highest BCUT2D eigenvalue weighted by atomic mass is 16.2. The molecule has 0 aromatic heterocycles. The zero-order valence-corrected chi connectivity index (χ0v) is 15.4. The fraction of sp³-hybridized carbons (Fsp3) is 0.550. The summed E-state index contributed by atoms with van der Waals surface area (Å²) in [5.74, 6) is 0.0558. The minimum absolute atomic E-state index is 0.00426. The lowest BCUT2D eigenvalue weighted by atomic mass is 9.97. The van der Waals surface area contributed by atoms with E-state index in [4.69, 9.17) is 0 Å². The summed E-state index contributed by atoms with van der Waals surface area (Å²) in [6.07, 6.45) is 4.28. The minimum Gasteiger partial charge on any atom is -0.352 e. The van der Waals surface area contributed by atoms with Gasteiger partial charge in [-0.25, -0.2) is 0 Å². The maximum absolute atomic E-state index is 12.5. The maximum Gasteiger partial charge on any atom is 0.226 e. The quantitative estimate of drug-likeness (QED) is 0.897. The van der Waals surface area contributed by atoms with E-state index >= 15 is 0 Å². The molecule has 140 valence electrons. The summed E-state index contributed by atoms with van der Waals surface area (Å²) in [5, 5.41) is 2.99. The first-order valence-corrected chi connectivity index (χ1v) is 9.47. The van der Waals surface area contributed by atoms with Crippen LogP contribution in [0.15, 0.2) is 24.3 Å². The van der Waals surface area contributed by atoms with Gasteiger partial charge in [0.05, 0.1) is 5.92 Å². The summed E-state index contributed by atoms with van der Waals surface area (Å²) in [5.41, 5.74) is 1.88. The van der Waals surface area contributed by atoms with Crippen LogP contribution < -0.4 is 10.2 Å². The van der Waals surface area contributed by atoms with E-state index in [1.807, 2.05) is 29.2 Å². The predicted molar refractivity (Wildman–Crippen MR) is 99.5 cm³/mol. The molecule has 0 saturated carbocycles. The van der Waals surface area contributed by atoms with Crippen LogP contribution in [0.25, 0.3) is 0 Å². The molecule has 6 heteroatoms. The van der Waals surface area contributed by atoms with E-state index in [-0.39, 0.29) is 23.6 Å². The molecular formula is C20H27N3O3. The summed E-state index contributed by atoms with van der Waals surface area (Å²) in [4.78, 5) is 39.7. The van der Waals surface area contributed by atoms with Gasteiger partial charge in [-0.05, 0) is 43.4 Å². The van der Waals surface area contributed by atoms with Crippen molar-refractivity contribution in [2.24, 2.45) is 5.92 Å². The van der Waals surface area contributed by atoms with Crippen molar-refractivity contribution in [3.63, 3.8) is 0 Å². The number of carbonyl (C=O) groups is 3. The van der Waals surface area contributed by atoms with Gasteiger partial charge < -0.3 is 15.1 Å². The molecule has 3 rings (SSSR count). The number of hydrogen-bond acceptors (Lipinski definition) is 3. The molecule has 6 nitrogen and oxygen atoms in total. The smallest absolute Gasteiger partial charge is 0.226 e. The van der Waals surface area contributed by atoms with E-state index in [0.717, 1.165) is 50.0 Å². The third-order valence-electron chi connectivity index (χ3n) is 5.25. The number of carbonyl (C=O) groups excluding carboxylic acids is 3. The molecule has 3 amide bonds. The zero-order valence-electron chi connectivity index (χ0n) is 15.4. The number of amides is 3. The predicted octanol–water partition coefficient (Wildman–Crippen LogP) is 2.08. The number of benzene rings is 1. The SMILES string of the molecule is CC(=O)N1CCCC(C(=O)NCc2cccc(N3CCCCC3=O)c2)C1. The van der Waals surface area contributed by atoms with E-state index in [1.165, 1.54) is 0 Å². The summed E-state index contributed by atoms with van der Waals surface area (Å²) >= 11 is 0. The Balaban J connectivity index is 1.57. The second-order valence-electron chi connectivity index (χ2n) is 7.19. The number of nitrogens with zero attached hydrogens (tertiary/aromatic N) is 2. The Hall–Kier alpha value is -2.37. The Morgan fingerprint density at radius 1 is 1.19 bits per heavy atom. The largest absolute Gasteiger partial charge is 0.352 e. The Labute approximate surface area is 154 Å². The summed E-state index contributed by atoms with van der Waals surface area (Å²) < 4.78 is 0. The number of likely N-dealkylation sites (tertiary alicyclic amines) is 1. The molecule has 0 bridgehead atoms. The highest BCUT2D eigenvalue weighted by Crippen LogP contribution is 2.22. The van der Waals surface area contributed by atoms with Crippen molar-refractivity contribution in [2.45, 2.75) is 45.6 Å². The standard InChI is InChI=1S/C20H27N3O3/c1-15(24)22-10-5-7-17(14-22)20(26)21-13-16-6-4-8-18(12-16)23-11-3-2-9-19(23)25/h4,6,8,12,17H,2-3,5,7,9-11,13-14H2,1H3,(H,21,26). The first kappa shape index (κ1) is 18.4. The minimum atomic E-state index is -0.139. The van der Waals surface area contributed by atoms with Crippen molar-refractivity contribution >= 4 is 23.4 Å². The summed E-state index contributed by atoms with van der Waals surface area (Å²) in [7, 11) is 0. The maximum atomic E-state index is 12.5. The molecule has 1 aromatic rings. The van der Waals surface area contributed by atoms with E-state index in [9.17, 15) is 14.4 Å². The van der Waals surface area contributed by atoms with Gasteiger partial charge in [-0.15, -0.1) is 0 Å². The molecule has 0 spiro atoms. The average Bonchev–Trinajstić information content (AvgIpc) is 2.67. The Bertz CT molecular complexity index is 689. The molecule has 1 unspecified atom stereocenters. The summed E-state index contributed by atoms with van der Waals surface area (Å²) in [6.45, 7) is 3.99. The number of anilines is 1. The van der Waals surface area contributed by atoms with E-state index in [1.54, 1.807) is 11.8 Å². The van der Waals surface area contributed by atoms with Gasteiger partial charge in [-0.3, -0.25) is 14.4 Å². The number of hydrogen-bond donors (Lipinski definition) is 1. The number of piperidine rings is 2. The molecule has 1 N–H and O–H groups in total. The van der Waals surface area contributed by atoms with Gasteiger partial charge in [0.1, 0.15) is 0 Å². The number of nitrogens with one attached hydrogen (secondary N) is 1. The van der Waals surface area contributed by atoms with Crippen LogP contribution in [-0.2, 0) is 20.9 Å². The molecule has 2 aliphatic heterocycles. The van der Waals surface area contributed by atoms with Crippen molar-refractivity contribution in [3.05, 3.63) is 29.8 Å².